The van der Waals surface area contributed by atoms with Crippen molar-refractivity contribution in [2.24, 2.45) is 0 Å². The molecule has 68 valence electrons. The van der Waals surface area contributed by atoms with Crippen molar-refractivity contribution in [1.82, 2.24) is 5.32 Å². The molecular weight excluding hydrogens is 269 g/mol. The van der Waals surface area contributed by atoms with Gasteiger partial charge in [-0.25, -0.2) is 0 Å². The minimum Gasteiger partial charge on any atom is -0.303 e. The van der Waals surface area contributed by atoms with E-state index in [9.17, 15) is 0 Å². The van der Waals surface area contributed by atoms with Gasteiger partial charge in [0.1, 0.15) is 0 Å². The van der Waals surface area contributed by atoms with Crippen LogP contribution in [0.2, 0.25) is 0 Å². The molecule has 0 heterocycles. The van der Waals surface area contributed by atoms with E-state index in [1.54, 1.807) is 0 Å². The third-order valence-corrected chi connectivity index (χ3v) is 1.89. The quantitative estimate of drug-likeness (QED) is 0.351. The van der Waals surface area contributed by atoms with E-state index >= 15 is 0 Å². The molecule has 0 aromatic heterocycles. The van der Waals surface area contributed by atoms with E-state index < -0.39 is 0 Å². The van der Waals surface area contributed by atoms with Crippen molar-refractivity contribution in [3.63, 3.8) is 0 Å². The van der Waals surface area contributed by atoms with Crippen molar-refractivity contribution in [2.45, 2.75) is 42.4 Å². The van der Waals surface area contributed by atoms with Crippen LogP contribution in [0.3, 0.4) is 0 Å². The van der Waals surface area contributed by atoms with E-state index in [-0.39, 0.29) is 8.29 Å². The maximum absolute atomic E-state index is 4.44. The lowest BCUT2D eigenvalue weighted by atomic mass is 10.1. The van der Waals surface area contributed by atoms with E-state index in [0.717, 1.165) is 13.0 Å². The molecule has 0 atom stereocenters. The van der Waals surface area contributed by atoms with Crippen LogP contribution in [-0.4, -0.2) is 14.8 Å². The standard InChI is InChI=1S/C8H18INS/c1-7(2,11)5-6-10-8(3,4)9/h10-11H,5-6H2,1-4H3. The van der Waals surface area contributed by atoms with Crippen LogP contribution < -0.4 is 5.32 Å². The Labute approximate surface area is 89.3 Å². The molecule has 0 bridgehead atoms. The molecule has 0 saturated heterocycles. The third-order valence-electron chi connectivity index (χ3n) is 1.28. The summed E-state index contributed by atoms with van der Waals surface area (Å²) in [5, 5.41) is 3.42. The summed E-state index contributed by atoms with van der Waals surface area (Å²) < 4.78 is 0.353. The Kier molecular flexibility index (Phi) is 4.73. The van der Waals surface area contributed by atoms with Crippen LogP contribution in [0.5, 0.6) is 0 Å². The van der Waals surface area contributed by atoms with Gasteiger partial charge in [-0.05, 0) is 26.8 Å². The van der Waals surface area contributed by atoms with Crippen LogP contribution in [0.25, 0.3) is 0 Å². The first kappa shape index (κ1) is 12.0. The molecule has 0 fully saturated rings. The Balaban J connectivity index is 3.44. The van der Waals surface area contributed by atoms with E-state index in [4.69, 9.17) is 0 Å². The number of thiol groups is 1. The van der Waals surface area contributed by atoms with Gasteiger partial charge < -0.3 is 5.32 Å². The zero-order chi connectivity index (χ0) is 9.12. The Bertz CT molecular complexity index is 98.2. The van der Waals surface area contributed by atoms with Crippen molar-refractivity contribution in [3.05, 3.63) is 0 Å². The minimum absolute atomic E-state index is 0.148. The van der Waals surface area contributed by atoms with E-state index in [0.29, 0.717) is 0 Å². The Hall–Kier alpha value is 1.04. The van der Waals surface area contributed by atoms with Gasteiger partial charge in [-0.2, -0.15) is 12.6 Å². The van der Waals surface area contributed by atoms with Crippen LogP contribution in [0.1, 0.15) is 34.1 Å². The molecule has 0 unspecified atom stereocenters. The normalized spacial score (nSPS) is 13.6. The monoisotopic (exact) mass is 287 g/mol. The van der Waals surface area contributed by atoms with Gasteiger partial charge in [-0.1, -0.05) is 36.4 Å². The van der Waals surface area contributed by atoms with Crippen LogP contribution in [0.4, 0.5) is 0 Å². The van der Waals surface area contributed by atoms with Crippen molar-refractivity contribution in [3.8, 4) is 0 Å². The van der Waals surface area contributed by atoms with Crippen LogP contribution >= 0.6 is 35.2 Å². The highest BCUT2D eigenvalue weighted by atomic mass is 127. The summed E-state index contributed by atoms with van der Waals surface area (Å²) in [7, 11) is 0. The second kappa shape index (κ2) is 4.33. The van der Waals surface area contributed by atoms with E-state index in [1.165, 1.54) is 0 Å². The Morgan fingerprint density at radius 2 is 1.73 bits per heavy atom. The third kappa shape index (κ3) is 11.0. The summed E-state index contributed by atoms with van der Waals surface area (Å²) in [5.41, 5.74) is 0. The molecule has 0 aliphatic rings. The predicted molar refractivity (Wildman–Crippen MR) is 63.8 cm³/mol. The second-order valence-corrected chi connectivity index (χ2v) is 7.87. The molecule has 0 saturated carbocycles. The number of alkyl halides is 1. The number of rotatable bonds is 4. The molecule has 0 aliphatic carbocycles. The van der Waals surface area contributed by atoms with Gasteiger partial charge in [-0.3, -0.25) is 0 Å². The van der Waals surface area contributed by atoms with E-state index in [1.807, 2.05) is 0 Å². The molecule has 0 aromatic rings. The van der Waals surface area contributed by atoms with Crippen LogP contribution in [0, 0.1) is 0 Å². The van der Waals surface area contributed by atoms with Gasteiger partial charge in [0.2, 0.25) is 0 Å². The molecule has 0 aromatic carbocycles. The van der Waals surface area contributed by atoms with E-state index in [2.05, 4.69) is 68.2 Å². The summed E-state index contributed by atoms with van der Waals surface area (Å²) in [6, 6.07) is 0. The topological polar surface area (TPSA) is 12.0 Å². The first-order valence-corrected chi connectivity index (χ1v) is 5.40. The molecule has 0 radical (unpaired) electrons. The smallest absolute Gasteiger partial charge is 0.0648 e. The fourth-order valence-corrected chi connectivity index (χ4v) is 1.05. The SMILES string of the molecule is CC(C)(S)CCNC(C)(C)I. The number of nitrogens with one attached hydrogen (secondary N) is 1. The predicted octanol–water partition coefficient (Wildman–Crippen LogP) is 2.85. The summed E-state index contributed by atoms with van der Waals surface area (Å²) in [5.74, 6) is 0. The maximum Gasteiger partial charge on any atom is 0.0648 e. The van der Waals surface area contributed by atoms with Crippen molar-refractivity contribution in [2.75, 3.05) is 6.54 Å². The molecule has 11 heavy (non-hydrogen) atoms. The van der Waals surface area contributed by atoms with Gasteiger partial charge in [0, 0.05) is 4.75 Å². The number of halogens is 1. The van der Waals surface area contributed by atoms with Gasteiger partial charge in [0.15, 0.2) is 0 Å². The minimum atomic E-state index is 0.148. The summed E-state index contributed by atoms with van der Waals surface area (Å²) in [6.45, 7) is 9.64. The maximum atomic E-state index is 4.44. The zero-order valence-corrected chi connectivity index (χ0v) is 10.8. The molecule has 1 N–H and O–H groups in total. The molecule has 1 nitrogen and oxygen atoms in total. The molecule has 0 amide bonds. The first-order valence-electron chi connectivity index (χ1n) is 3.87. The molecule has 0 rings (SSSR count). The lowest BCUT2D eigenvalue weighted by Crippen LogP contribution is -2.35. The average molecular weight is 287 g/mol. The second-order valence-electron chi connectivity index (χ2n) is 3.96. The van der Waals surface area contributed by atoms with Crippen LogP contribution in [0.15, 0.2) is 0 Å². The molecule has 0 aliphatic heterocycles. The van der Waals surface area contributed by atoms with Crippen LogP contribution in [-0.2, 0) is 0 Å². The Morgan fingerprint density at radius 3 is 2.00 bits per heavy atom. The fourth-order valence-electron chi connectivity index (χ4n) is 0.666. The fraction of sp³-hybridized carbons (Fsp3) is 1.00. The molecule has 0 spiro atoms. The molecule has 3 heteroatoms. The highest BCUT2D eigenvalue weighted by Crippen LogP contribution is 2.17. The summed E-state index contributed by atoms with van der Waals surface area (Å²) in [4.78, 5) is 0. The molecular formula is C8H18INS. The number of hydrogen-bond acceptors (Lipinski definition) is 2. The zero-order valence-electron chi connectivity index (χ0n) is 7.74. The van der Waals surface area contributed by atoms with Crippen molar-refractivity contribution >= 4 is 35.2 Å². The highest BCUT2D eigenvalue weighted by molar-refractivity contribution is 14.1. The lowest BCUT2D eigenvalue weighted by molar-refractivity contribution is 0.517. The highest BCUT2D eigenvalue weighted by Gasteiger charge is 2.14. The Morgan fingerprint density at radius 1 is 1.27 bits per heavy atom. The van der Waals surface area contributed by atoms with Crippen molar-refractivity contribution < 1.29 is 0 Å². The lowest BCUT2D eigenvalue weighted by Gasteiger charge is -2.22. The summed E-state index contributed by atoms with van der Waals surface area (Å²) in [6.07, 6.45) is 1.10. The average Bonchev–Trinajstić information content (AvgIpc) is 1.55. The van der Waals surface area contributed by atoms with Gasteiger partial charge in [0.05, 0.1) is 3.55 Å². The number of hydrogen-bond donors (Lipinski definition) is 2. The van der Waals surface area contributed by atoms with Crippen molar-refractivity contribution in [1.29, 1.82) is 0 Å². The van der Waals surface area contributed by atoms with Gasteiger partial charge in [-0.15, -0.1) is 0 Å². The van der Waals surface area contributed by atoms with Gasteiger partial charge >= 0.3 is 0 Å². The summed E-state index contributed by atoms with van der Waals surface area (Å²) >= 11 is 6.83. The van der Waals surface area contributed by atoms with Gasteiger partial charge in [0.25, 0.3) is 0 Å². The largest absolute Gasteiger partial charge is 0.303 e. The first-order chi connectivity index (χ1) is 4.71.